The second kappa shape index (κ2) is 9.40. The molecule has 1 saturated heterocycles. The molecular weight excluding hydrogens is 288 g/mol. The van der Waals surface area contributed by atoms with Gasteiger partial charge in [0.1, 0.15) is 0 Å². The first kappa shape index (κ1) is 17.6. The number of aliphatic imine (C=N–C) groups is 1. The van der Waals surface area contributed by atoms with E-state index in [0.29, 0.717) is 5.92 Å². The number of hydrogen-bond donors (Lipinski definition) is 2. The lowest BCUT2D eigenvalue weighted by Crippen LogP contribution is -2.39. The number of benzene rings is 1. The fourth-order valence-corrected chi connectivity index (χ4v) is 2.65. The van der Waals surface area contributed by atoms with Crippen LogP contribution in [0.2, 0.25) is 0 Å². The van der Waals surface area contributed by atoms with Gasteiger partial charge in [-0.15, -0.1) is 0 Å². The molecule has 0 atom stereocenters. The molecule has 0 radical (unpaired) electrons. The molecule has 0 spiro atoms. The van der Waals surface area contributed by atoms with Crippen LogP contribution in [0, 0.1) is 5.92 Å². The van der Waals surface area contributed by atoms with Gasteiger partial charge < -0.3 is 20.3 Å². The van der Waals surface area contributed by atoms with Crippen molar-refractivity contribution in [1.29, 1.82) is 0 Å². The molecule has 1 aromatic carbocycles. The van der Waals surface area contributed by atoms with Crippen molar-refractivity contribution in [3.05, 3.63) is 29.8 Å². The first-order chi connectivity index (χ1) is 11.2. The molecule has 2 rings (SSSR count). The minimum absolute atomic E-state index is 0.697. The molecule has 2 N–H and O–H groups in total. The SMILES string of the molecule is CN=C(NCCC(C)C)NCc1ccccc1N1CCOCC1. The quantitative estimate of drug-likeness (QED) is 0.624. The predicted molar refractivity (Wildman–Crippen MR) is 97.1 cm³/mol. The van der Waals surface area contributed by atoms with Gasteiger partial charge in [0.2, 0.25) is 0 Å². The van der Waals surface area contributed by atoms with Gasteiger partial charge in [-0.3, -0.25) is 4.99 Å². The maximum absolute atomic E-state index is 5.45. The van der Waals surface area contributed by atoms with E-state index in [-0.39, 0.29) is 0 Å². The lowest BCUT2D eigenvalue weighted by atomic mass is 10.1. The number of rotatable bonds is 6. The van der Waals surface area contributed by atoms with Gasteiger partial charge in [-0.2, -0.15) is 0 Å². The Morgan fingerprint density at radius 2 is 1.96 bits per heavy atom. The van der Waals surface area contributed by atoms with E-state index in [1.165, 1.54) is 11.3 Å². The highest BCUT2D eigenvalue weighted by molar-refractivity contribution is 5.79. The third kappa shape index (κ3) is 5.75. The van der Waals surface area contributed by atoms with Crippen LogP contribution in [-0.4, -0.2) is 45.9 Å². The molecule has 0 saturated carbocycles. The smallest absolute Gasteiger partial charge is 0.191 e. The molecule has 0 aliphatic carbocycles. The minimum atomic E-state index is 0.697. The largest absolute Gasteiger partial charge is 0.378 e. The fraction of sp³-hybridized carbons (Fsp3) is 0.611. The molecule has 0 aromatic heterocycles. The van der Waals surface area contributed by atoms with Crippen LogP contribution in [-0.2, 0) is 11.3 Å². The third-order valence-electron chi connectivity index (χ3n) is 4.03. The summed E-state index contributed by atoms with van der Waals surface area (Å²) in [7, 11) is 1.82. The van der Waals surface area contributed by atoms with Crippen LogP contribution in [0.1, 0.15) is 25.8 Å². The number of anilines is 1. The summed E-state index contributed by atoms with van der Waals surface area (Å²) in [6, 6.07) is 8.57. The number of guanidine groups is 1. The van der Waals surface area contributed by atoms with Gasteiger partial charge in [0.25, 0.3) is 0 Å². The van der Waals surface area contributed by atoms with Crippen molar-refractivity contribution in [2.45, 2.75) is 26.8 Å². The Bertz CT molecular complexity index is 496. The highest BCUT2D eigenvalue weighted by atomic mass is 16.5. The molecule has 1 aliphatic heterocycles. The molecule has 23 heavy (non-hydrogen) atoms. The Labute approximate surface area is 140 Å². The van der Waals surface area contributed by atoms with E-state index < -0.39 is 0 Å². The highest BCUT2D eigenvalue weighted by Crippen LogP contribution is 2.21. The summed E-state index contributed by atoms with van der Waals surface area (Å²) >= 11 is 0. The van der Waals surface area contributed by atoms with Crippen molar-refractivity contribution in [3.63, 3.8) is 0 Å². The summed E-state index contributed by atoms with van der Waals surface area (Å²) in [5, 5.41) is 6.80. The Morgan fingerprint density at radius 3 is 2.65 bits per heavy atom. The van der Waals surface area contributed by atoms with Crippen LogP contribution in [0.3, 0.4) is 0 Å². The van der Waals surface area contributed by atoms with Crippen LogP contribution in [0.25, 0.3) is 0 Å². The standard InChI is InChI=1S/C18H30N4O/c1-15(2)8-9-20-18(19-3)21-14-16-6-4-5-7-17(16)22-10-12-23-13-11-22/h4-7,15H,8-14H2,1-3H3,(H2,19,20,21). The van der Waals surface area contributed by atoms with Crippen LogP contribution in [0.5, 0.6) is 0 Å². The Hall–Kier alpha value is -1.75. The van der Waals surface area contributed by atoms with Gasteiger partial charge in [0.15, 0.2) is 5.96 Å². The topological polar surface area (TPSA) is 48.9 Å². The maximum atomic E-state index is 5.45. The molecule has 0 unspecified atom stereocenters. The highest BCUT2D eigenvalue weighted by Gasteiger charge is 2.14. The van der Waals surface area contributed by atoms with Crippen LogP contribution in [0.4, 0.5) is 5.69 Å². The molecule has 0 bridgehead atoms. The normalized spacial score (nSPS) is 15.8. The molecule has 1 aromatic rings. The van der Waals surface area contributed by atoms with Gasteiger partial charge in [-0.1, -0.05) is 32.0 Å². The number of nitrogens with one attached hydrogen (secondary N) is 2. The molecule has 0 amide bonds. The lowest BCUT2D eigenvalue weighted by Gasteiger charge is -2.30. The van der Waals surface area contributed by atoms with E-state index in [1.807, 2.05) is 7.05 Å². The van der Waals surface area contributed by atoms with Gasteiger partial charge in [0.05, 0.1) is 13.2 Å². The number of para-hydroxylation sites is 1. The molecule has 1 aliphatic rings. The maximum Gasteiger partial charge on any atom is 0.191 e. The zero-order valence-corrected chi connectivity index (χ0v) is 14.6. The summed E-state index contributed by atoms with van der Waals surface area (Å²) in [6.45, 7) is 9.71. The van der Waals surface area contributed by atoms with E-state index in [1.54, 1.807) is 0 Å². The lowest BCUT2D eigenvalue weighted by molar-refractivity contribution is 0.122. The molecule has 1 heterocycles. The Morgan fingerprint density at radius 1 is 1.22 bits per heavy atom. The van der Waals surface area contributed by atoms with Crippen LogP contribution < -0.4 is 15.5 Å². The Kier molecular flexibility index (Phi) is 7.20. The average molecular weight is 318 g/mol. The zero-order chi connectivity index (χ0) is 16.5. The molecular formula is C18H30N4O. The number of morpholine rings is 1. The summed E-state index contributed by atoms with van der Waals surface area (Å²) in [5.41, 5.74) is 2.59. The molecule has 5 nitrogen and oxygen atoms in total. The summed E-state index contributed by atoms with van der Waals surface area (Å²) in [6.07, 6.45) is 1.14. The monoisotopic (exact) mass is 318 g/mol. The van der Waals surface area contributed by atoms with E-state index in [0.717, 1.165) is 51.8 Å². The van der Waals surface area contributed by atoms with E-state index in [9.17, 15) is 0 Å². The van der Waals surface area contributed by atoms with Crippen molar-refractivity contribution in [1.82, 2.24) is 10.6 Å². The van der Waals surface area contributed by atoms with E-state index in [2.05, 4.69) is 58.6 Å². The minimum Gasteiger partial charge on any atom is -0.378 e. The zero-order valence-electron chi connectivity index (χ0n) is 14.6. The molecule has 1 fully saturated rings. The van der Waals surface area contributed by atoms with Gasteiger partial charge in [-0.05, 0) is 24.0 Å². The molecule has 128 valence electrons. The van der Waals surface area contributed by atoms with Gasteiger partial charge >= 0.3 is 0 Å². The second-order valence-corrected chi connectivity index (χ2v) is 6.26. The fourth-order valence-electron chi connectivity index (χ4n) is 2.65. The van der Waals surface area contributed by atoms with Crippen molar-refractivity contribution in [2.75, 3.05) is 44.8 Å². The Balaban J connectivity index is 1.91. The van der Waals surface area contributed by atoms with E-state index >= 15 is 0 Å². The first-order valence-electron chi connectivity index (χ1n) is 8.56. The summed E-state index contributed by atoms with van der Waals surface area (Å²) in [4.78, 5) is 6.70. The first-order valence-corrected chi connectivity index (χ1v) is 8.56. The van der Waals surface area contributed by atoms with E-state index in [4.69, 9.17) is 4.74 Å². The van der Waals surface area contributed by atoms with Gasteiger partial charge in [0, 0.05) is 38.9 Å². The van der Waals surface area contributed by atoms with Gasteiger partial charge in [-0.25, -0.2) is 0 Å². The van der Waals surface area contributed by atoms with Crippen molar-refractivity contribution < 1.29 is 4.74 Å². The number of hydrogen-bond acceptors (Lipinski definition) is 3. The second-order valence-electron chi connectivity index (χ2n) is 6.26. The molecule has 5 heteroatoms. The van der Waals surface area contributed by atoms with Crippen molar-refractivity contribution in [3.8, 4) is 0 Å². The van der Waals surface area contributed by atoms with Crippen LogP contribution >= 0.6 is 0 Å². The number of nitrogens with zero attached hydrogens (tertiary/aromatic N) is 2. The van der Waals surface area contributed by atoms with Crippen molar-refractivity contribution >= 4 is 11.6 Å². The van der Waals surface area contributed by atoms with Crippen LogP contribution in [0.15, 0.2) is 29.3 Å². The third-order valence-corrected chi connectivity index (χ3v) is 4.03. The summed E-state index contributed by atoms with van der Waals surface area (Å²) in [5.74, 6) is 1.56. The number of ether oxygens (including phenoxy) is 1. The summed E-state index contributed by atoms with van der Waals surface area (Å²) < 4.78 is 5.45. The average Bonchev–Trinajstić information content (AvgIpc) is 2.58. The predicted octanol–water partition coefficient (Wildman–Crippen LogP) is 2.23. The van der Waals surface area contributed by atoms with Crippen molar-refractivity contribution in [2.24, 2.45) is 10.9 Å².